The van der Waals surface area contributed by atoms with Gasteiger partial charge in [0.25, 0.3) is 0 Å². The van der Waals surface area contributed by atoms with Gasteiger partial charge >= 0.3 is 0 Å². The predicted molar refractivity (Wildman–Crippen MR) is 258 cm³/mol. The fraction of sp³-hybridized carbons (Fsp3) is 0.133. The van der Waals surface area contributed by atoms with Crippen LogP contribution in [0.3, 0.4) is 0 Å². The van der Waals surface area contributed by atoms with Gasteiger partial charge in [0.15, 0.2) is 0 Å². The molecule has 3 aliphatic rings. The molecular formula is C60H44O2. The summed E-state index contributed by atoms with van der Waals surface area (Å²) in [5, 5.41) is 4.65. The van der Waals surface area contributed by atoms with Crippen LogP contribution in [0.1, 0.15) is 67.9 Å². The van der Waals surface area contributed by atoms with Crippen LogP contribution in [0.2, 0.25) is 0 Å². The van der Waals surface area contributed by atoms with Crippen LogP contribution in [-0.4, -0.2) is 0 Å². The maximum absolute atomic E-state index is 6.35. The molecule has 0 N–H and O–H groups in total. The lowest BCUT2D eigenvalue weighted by atomic mass is 9.77. The van der Waals surface area contributed by atoms with Crippen molar-refractivity contribution in [2.75, 3.05) is 0 Å². The summed E-state index contributed by atoms with van der Waals surface area (Å²) in [4.78, 5) is 0. The second-order valence-corrected chi connectivity index (χ2v) is 18.8. The van der Waals surface area contributed by atoms with E-state index in [9.17, 15) is 0 Å². The maximum atomic E-state index is 6.35. The molecule has 3 aliphatic carbocycles. The Morgan fingerprint density at radius 3 is 1.35 bits per heavy atom. The zero-order chi connectivity index (χ0) is 41.5. The highest BCUT2D eigenvalue weighted by Gasteiger charge is 2.42. The SMILES string of the molecule is CC1(C)c2cc(-c3ccc4oc5ccc(-c6ccccc6)cc5c4c3)ccc2-c2cc3c(cc21)C(C)(C)c1cc(-c2ccc4oc5ccc(C6C=CC=CC6)cc5c4c2)ccc1-3. The van der Waals surface area contributed by atoms with Gasteiger partial charge in [-0.2, -0.15) is 0 Å². The highest BCUT2D eigenvalue weighted by Crippen LogP contribution is 2.57. The molecule has 2 nitrogen and oxygen atoms in total. The van der Waals surface area contributed by atoms with Crippen molar-refractivity contribution in [1.29, 1.82) is 0 Å². The lowest BCUT2D eigenvalue weighted by Crippen LogP contribution is -2.19. The summed E-state index contributed by atoms with van der Waals surface area (Å²) in [5.41, 5.74) is 23.0. The lowest BCUT2D eigenvalue weighted by Gasteiger charge is -2.26. The second-order valence-electron chi connectivity index (χ2n) is 18.8. The fourth-order valence-corrected chi connectivity index (χ4v) is 11.1. The van der Waals surface area contributed by atoms with Crippen molar-refractivity contribution in [1.82, 2.24) is 0 Å². The highest BCUT2D eigenvalue weighted by atomic mass is 16.3. The minimum Gasteiger partial charge on any atom is -0.456 e. The van der Waals surface area contributed by atoms with E-state index in [-0.39, 0.29) is 10.8 Å². The summed E-state index contributed by atoms with van der Waals surface area (Å²) < 4.78 is 12.7. The van der Waals surface area contributed by atoms with Crippen molar-refractivity contribution < 1.29 is 8.83 Å². The molecule has 0 bridgehead atoms. The molecule has 2 heteroatoms. The molecule has 13 rings (SSSR count). The Labute approximate surface area is 361 Å². The van der Waals surface area contributed by atoms with Gasteiger partial charge < -0.3 is 8.83 Å². The van der Waals surface area contributed by atoms with Gasteiger partial charge in [0.2, 0.25) is 0 Å². The second kappa shape index (κ2) is 12.7. The Balaban J connectivity index is 0.863. The number of fused-ring (bicyclic) bond motifs is 12. The van der Waals surface area contributed by atoms with Gasteiger partial charge in [-0.1, -0.05) is 137 Å². The number of allylic oxidation sites excluding steroid dienone is 4. The fourth-order valence-electron chi connectivity index (χ4n) is 11.1. The molecule has 0 saturated carbocycles. The first-order valence-corrected chi connectivity index (χ1v) is 22.0. The maximum Gasteiger partial charge on any atom is 0.135 e. The molecule has 2 aromatic heterocycles. The molecule has 1 unspecified atom stereocenters. The largest absolute Gasteiger partial charge is 0.456 e. The van der Waals surface area contributed by atoms with Crippen molar-refractivity contribution in [3.05, 3.63) is 204 Å². The molecule has 2 heterocycles. The van der Waals surface area contributed by atoms with Gasteiger partial charge in [-0.25, -0.2) is 0 Å². The smallest absolute Gasteiger partial charge is 0.135 e. The van der Waals surface area contributed by atoms with Gasteiger partial charge in [0, 0.05) is 38.3 Å². The summed E-state index contributed by atoms with van der Waals surface area (Å²) >= 11 is 0. The van der Waals surface area contributed by atoms with E-state index in [2.05, 4.69) is 204 Å². The normalized spacial score (nSPS) is 16.6. The molecule has 8 aromatic carbocycles. The van der Waals surface area contributed by atoms with Crippen LogP contribution in [0.5, 0.6) is 0 Å². The van der Waals surface area contributed by atoms with Gasteiger partial charge in [-0.15, -0.1) is 0 Å². The van der Waals surface area contributed by atoms with E-state index in [1.165, 1.54) is 94.2 Å². The molecule has 0 spiro atoms. The van der Waals surface area contributed by atoms with Gasteiger partial charge in [-0.3, -0.25) is 0 Å². The van der Waals surface area contributed by atoms with Crippen LogP contribution in [-0.2, 0) is 10.8 Å². The van der Waals surface area contributed by atoms with Crippen LogP contribution < -0.4 is 0 Å². The number of rotatable bonds is 4. The van der Waals surface area contributed by atoms with Crippen LogP contribution in [0, 0.1) is 0 Å². The third-order valence-corrected chi connectivity index (χ3v) is 14.6. The zero-order valence-electron chi connectivity index (χ0n) is 35.3. The van der Waals surface area contributed by atoms with Gasteiger partial charge in [-0.05, 0) is 157 Å². The van der Waals surface area contributed by atoms with Crippen molar-refractivity contribution in [3.63, 3.8) is 0 Å². The van der Waals surface area contributed by atoms with Crippen LogP contribution in [0.25, 0.3) is 99.5 Å². The van der Waals surface area contributed by atoms with Gasteiger partial charge in [0.1, 0.15) is 22.3 Å². The van der Waals surface area contributed by atoms with Crippen molar-refractivity contribution in [2.24, 2.45) is 0 Å². The van der Waals surface area contributed by atoms with Gasteiger partial charge in [0.05, 0.1) is 0 Å². The topological polar surface area (TPSA) is 26.3 Å². The quantitative estimate of drug-likeness (QED) is 0.177. The predicted octanol–water partition coefficient (Wildman–Crippen LogP) is 16.7. The summed E-state index contributed by atoms with van der Waals surface area (Å²) in [5.74, 6) is 0.399. The summed E-state index contributed by atoms with van der Waals surface area (Å²) in [6.45, 7) is 9.62. The first kappa shape index (κ1) is 35.6. The number of hydrogen-bond donors (Lipinski definition) is 0. The Kier molecular flexibility index (Phi) is 7.28. The highest BCUT2D eigenvalue weighted by molar-refractivity contribution is 6.08. The molecule has 1 atom stereocenters. The third kappa shape index (κ3) is 5.10. The summed E-state index contributed by atoms with van der Waals surface area (Å²) in [6, 6.07) is 56.4. The Morgan fingerprint density at radius 2 is 0.839 bits per heavy atom. The third-order valence-electron chi connectivity index (χ3n) is 14.6. The van der Waals surface area contributed by atoms with Crippen LogP contribution in [0.4, 0.5) is 0 Å². The van der Waals surface area contributed by atoms with Crippen molar-refractivity contribution >= 4 is 43.9 Å². The molecule has 0 amide bonds. The Hall–Kier alpha value is -7.16. The monoisotopic (exact) mass is 796 g/mol. The molecule has 296 valence electrons. The average molecular weight is 797 g/mol. The van der Waals surface area contributed by atoms with E-state index >= 15 is 0 Å². The van der Waals surface area contributed by atoms with Crippen LogP contribution >= 0.6 is 0 Å². The van der Waals surface area contributed by atoms with E-state index in [0.29, 0.717) is 5.92 Å². The average Bonchev–Trinajstić information content (AvgIpc) is 4.00. The summed E-state index contributed by atoms with van der Waals surface area (Å²) in [6.07, 6.45) is 9.89. The molecule has 0 radical (unpaired) electrons. The minimum absolute atomic E-state index is 0.155. The Morgan fingerprint density at radius 1 is 0.387 bits per heavy atom. The van der Waals surface area contributed by atoms with Crippen molar-refractivity contribution in [3.8, 4) is 55.6 Å². The standard InChI is InChI=1S/C60H44O2/c1-59(2)51-31-41(39-19-25-57-49(29-39)47-27-37(17-23-55(47)61-57)35-11-7-5-8-12-35)15-21-43(51)45-33-46-44-22-16-42(32-52(44)60(3,4)54(46)34-53(45)59)40-20-26-58-50(30-40)48-28-38(18-24-56(48)62-58)36-13-9-6-10-14-36/h5-13,15-34,36H,14H2,1-4H3. The lowest BCUT2D eigenvalue weighted by molar-refractivity contribution is 0.639. The van der Waals surface area contributed by atoms with E-state index in [0.717, 1.165) is 39.5 Å². The van der Waals surface area contributed by atoms with E-state index < -0.39 is 0 Å². The molecule has 0 saturated heterocycles. The van der Waals surface area contributed by atoms with E-state index in [4.69, 9.17) is 8.83 Å². The van der Waals surface area contributed by atoms with E-state index in [1.54, 1.807) is 0 Å². The molecule has 62 heavy (non-hydrogen) atoms. The number of furan rings is 2. The van der Waals surface area contributed by atoms with Crippen LogP contribution in [0.15, 0.2) is 185 Å². The first-order chi connectivity index (χ1) is 30.2. The number of hydrogen-bond acceptors (Lipinski definition) is 2. The summed E-state index contributed by atoms with van der Waals surface area (Å²) in [7, 11) is 0. The molecule has 10 aromatic rings. The Bertz CT molecular complexity index is 3600. The molecular weight excluding hydrogens is 753 g/mol. The van der Waals surface area contributed by atoms with E-state index in [1.807, 2.05) is 0 Å². The molecule has 0 aliphatic heterocycles. The first-order valence-electron chi connectivity index (χ1n) is 22.0. The molecule has 0 fully saturated rings. The zero-order valence-corrected chi connectivity index (χ0v) is 35.3. The van der Waals surface area contributed by atoms with Crippen molar-refractivity contribution in [2.45, 2.75) is 50.9 Å². The number of benzene rings is 8. The minimum atomic E-state index is -0.157.